The number of hydrogen-bond acceptors (Lipinski definition) is 4. The topological polar surface area (TPSA) is 120 Å². The van der Waals surface area contributed by atoms with Crippen molar-refractivity contribution in [3.8, 4) is 0 Å². The Balaban J connectivity index is 1.34. The zero-order valence-corrected chi connectivity index (χ0v) is 17.8. The minimum absolute atomic E-state index is 0.0354. The predicted octanol–water partition coefficient (Wildman–Crippen LogP) is 1.71. The number of nitrogens with zero attached hydrogens (tertiary/aromatic N) is 3. The Morgan fingerprint density at radius 1 is 1.20 bits per heavy atom. The van der Waals surface area contributed by atoms with Gasteiger partial charge in [0.25, 0.3) is 5.56 Å². The third-order valence-corrected chi connectivity index (χ3v) is 6.35. The second-order valence-electron chi connectivity index (χ2n) is 7.51. The van der Waals surface area contributed by atoms with Crippen LogP contribution in [0, 0.1) is 0 Å². The molecule has 154 valence electrons. The second-order valence-corrected chi connectivity index (χ2v) is 8.36. The number of rotatable bonds is 3. The van der Waals surface area contributed by atoms with Crippen LogP contribution < -0.4 is 11.2 Å². The summed E-state index contributed by atoms with van der Waals surface area (Å²) in [5.41, 5.74) is 2.91. The predicted molar refractivity (Wildman–Crippen MR) is 115 cm³/mol. The Labute approximate surface area is 178 Å². The Kier molecular flexibility index (Phi) is 4.39. The summed E-state index contributed by atoms with van der Waals surface area (Å²) in [6.45, 7) is 1.23. The van der Waals surface area contributed by atoms with Crippen molar-refractivity contribution in [1.29, 1.82) is 0 Å². The summed E-state index contributed by atoms with van der Waals surface area (Å²) in [7, 11) is 1.54. The first-order chi connectivity index (χ1) is 14.4. The van der Waals surface area contributed by atoms with E-state index in [1.54, 1.807) is 7.05 Å². The SMILES string of the molecule is Cn1c(=O)[nH]c(=O)c2[nH]c(CCC(=O)N3CCc4[nH]c5c(Br)cccc5c4C3)nc21. The summed E-state index contributed by atoms with van der Waals surface area (Å²) in [5, 5.41) is 1.13. The van der Waals surface area contributed by atoms with Gasteiger partial charge < -0.3 is 14.9 Å². The van der Waals surface area contributed by atoms with E-state index in [0.717, 1.165) is 27.4 Å². The minimum atomic E-state index is -0.517. The van der Waals surface area contributed by atoms with Crippen molar-refractivity contribution in [2.24, 2.45) is 7.05 Å². The Hall–Kier alpha value is -3.14. The van der Waals surface area contributed by atoms with Gasteiger partial charge in [-0.3, -0.25) is 19.1 Å². The smallest absolute Gasteiger partial charge is 0.329 e. The maximum atomic E-state index is 12.9. The van der Waals surface area contributed by atoms with Crippen molar-refractivity contribution in [2.45, 2.75) is 25.8 Å². The molecule has 4 heterocycles. The molecule has 0 bridgehead atoms. The summed E-state index contributed by atoms with van der Waals surface area (Å²) < 4.78 is 2.29. The van der Waals surface area contributed by atoms with Crippen molar-refractivity contribution in [3.63, 3.8) is 0 Å². The molecule has 5 rings (SSSR count). The second kappa shape index (κ2) is 6.98. The molecule has 9 nitrogen and oxygen atoms in total. The lowest BCUT2D eigenvalue weighted by molar-refractivity contribution is -0.132. The van der Waals surface area contributed by atoms with Crippen LogP contribution >= 0.6 is 15.9 Å². The van der Waals surface area contributed by atoms with Crippen molar-refractivity contribution < 1.29 is 4.79 Å². The van der Waals surface area contributed by atoms with Crippen LogP contribution in [0.1, 0.15) is 23.5 Å². The van der Waals surface area contributed by atoms with Crippen LogP contribution in [-0.4, -0.2) is 41.9 Å². The fourth-order valence-electron chi connectivity index (χ4n) is 4.07. The molecule has 0 radical (unpaired) electrons. The summed E-state index contributed by atoms with van der Waals surface area (Å²) in [4.78, 5) is 51.4. The fourth-order valence-corrected chi connectivity index (χ4v) is 4.53. The molecule has 0 saturated heterocycles. The quantitative estimate of drug-likeness (QED) is 0.422. The van der Waals surface area contributed by atoms with E-state index in [9.17, 15) is 14.4 Å². The molecule has 1 aliphatic rings. The summed E-state index contributed by atoms with van der Waals surface area (Å²) >= 11 is 3.58. The molecule has 0 atom stereocenters. The molecular formula is C20H19BrN6O3. The third-order valence-electron chi connectivity index (χ3n) is 5.69. The largest absolute Gasteiger partial charge is 0.357 e. The number of halogens is 1. The molecule has 30 heavy (non-hydrogen) atoms. The van der Waals surface area contributed by atoms with Crippen LogP contribution in [0.2, 0.25) is 0 Å². The van der Waals surface area contributed by atoms with Gasteiger partial charge in [-0.25, -0.2) is 9.78 Å². The number of aryl methyl sites for hydroxylation is 2. The number of amides is 1. The average molecular weight is 471 g/mol. The highest BCUT2D eigenvalue weighted by molar-refractivity contribution is 9.10. The van der Waals surface area contributed by atoms with Crippen molar-refractivity contribution in [1.82, 2.24) is 29.4 Å². The van der Waals surface area contributed by atoms with Gasteiger partial charge in [0.2, 0.25) is 5.91 Å². The lowest BCUT2D eigenvalue weighted by Crippen LogP contribution is -2.35. The first kappa shape index (κ1) is 18.9. The van der Waals surface area contributed by atoms with Crippen LogP contribution in [0.5, 0.6) is 0 Å². The van der Waals surface area contributed by atoms with E-state index in [4.69, 9.17) is 0 Å². The summed E-state index contributed by atoms with van der Waals surface area (Å²) in [5.74, 6) is 0.548. The Bertz CT molecular complexity index is 1430. The fraction of sp³-hybridized carbons (Fsp3) is 0.300. The highest BCUT2D eigenvalue weighted by atomic mass is 79.9. The van der Waals surface area contributed by atoms with Gasteiger partial charge in [-0.05, 0) is 22.0 Å². The van der Waals surface area contributed by atoms with Crippen molar-refractivity contribution >= 4 is 43.9 Å². The number of aromatic nitrogens is 5. The van der Waals surface area contributed by atoms with E-state index in [1.165, 1.54) is 10.3 Å². The number of fused-ring (bicyclic) bond motifs is 4. The number of carbonyl (C=O) groups is 1. The first-order valence-electron chi connectivity index (χ1n) is 9.66. The van der Waals surface area contributed by atoms with Crippen LogP contribution in [0.4, 0.5) is 0 Å². The number of hydrogen-bond donors (Lipinski definition) is 3. The van der Waals surface area contributed by atoms with E-state index >= 15 is 0 Å². The van der Waals surface area contributed by atoms with Gasteiger partial charge in [0.05, 0.1) is 5.52 Å². The van der Waals surface area contributed by atoms with Gasteiger partial charge in [0.1, 0.15) is 11.3 Å². The average Bonchev–Trinajstić information content (AvgIpc) is 3.33. The van der Waals surface area contributed by atoms with Gasteiger partial charge in [-0.15, -0.1) is 0 Å². The van der Waals surface area contributed by atoms with Gasteiger partial charge in [0, 0.05) is 60.5 Å². The lowest BCUT2D eigenvalue weighted by Gasteiger charge is -2.27. The van der Waals surface area contributed by atoms with E-state index in [0.29, 0.717) is 25.3 Å². The zero-order chi connectivity index (χ0) is 21.0. The highest BCUT2D eigenvalue weighted by Crippen LogP contribution is 2.32. The summed E-state index contributed by atoms with van der Waals surface area (Å²) in [6, 6.07) is 6.07. The number of imidazole rings is 1. The van der Waals surface area contributed by atoms with Crippen LogP contribution in [0.3, 0.4) is 0 Å². The molecule has 0 fully saturated rings. The molecule has 0 unspecified atom stereocenters. The minimum Gasteiger partial charge on any atom is -0.357 e. The number of H-pyrrole nitrogens is 3. The van der Waals surface area contributed by atoms with Crippen LogP contribution in [-0.2, 0) is 31.2 Å². The third kappa shape index (κ3) is 2.98. The number of aromatic amines is 3. The monoisotopic (exact) mass is 470 g/mol. The molecule has 1 aliphatic heterocycles. The molecule has 1 aromatic carbocycles. The maximum absolute atomic E-state index is 12.9. The molecule has 4 aromatic rings. The van der Waals surface area contributed by atoms with E-state index in [2.05, 4.69) is 41.9 Å². The van der Waals surface area contributed by atoms with Gasteiger partial charge in [-0.2, -0.15) is 0 Å². The zero-order valence-electron chi connectivity index (χ0n) is 16.2. The van der Waals surface area contributed by atoms with E-state index in [-0.39, 0.29) is 23.5 Å². The molecular weight excluding hydrogens is 452 g/mol. The standard InChI is InChI=1S/C20H19BrN6O3/c1-26-18-17(19(29)25-20(26)30)23-14(24-18)5-6-15(28)27-8-7-13-11(9-27)10-3-2-4-12(21)16(10)22-13/h2-4,22H,5-9H2,1H3,(H,23,24)(H,25,29,30). The molecule has 3 N–H and O–H groups in total. The van der Waals surface area contributed by atoms with E-state index < -0.39 is 11.2 Å². The van der Waals surface area contributed by atoms with Crippen molar-refractivity contribution in [3.05, 3.63) is 60.6 Å². The summed E-state index contributed by atoms with van der Waals surface area (Å²) in [6.07, 6.45) is 1.42. The normalized spacial score (nSPS) is 13.9. The Morgan fingerprint density at radius 3 is 2.87 bits per heavy atom. The molecule has 0 spiro atoms. The van der Waals surface area contributed by atoms with E-state index in [1.807, 2.05) is 17.0 Å². The molecule has 1 amide bonds. The van der Waals surface area contributed by atoms with Gasteiger partial charge in [-0.1, -0.05) is 12.1 Å². The molecule has 0 saturated carbocycles. The van der Waals surface area contributed by atoms with Gasteiger partial charge in [0.15, 0.2) is 5.65 Å². The van der Waals surface area contributed by atoms with Gasteiger partial charge >= 0.3 is 5.69 Å². The maximum Gasteiger partial charge on any atom is 0.329 e. The Morgan fingerprint density at radius 2 is 2.03 bits per heavy atom. The first-order valence-corrected chi connectivity index (χ1v) is 10.5. The number of nitrogens with one attached hydrogen (secondary N) is 3. The van der Waals surface area contributed by atoms with Crippen molar-refractivity contribution in [2.75, 3.05) is 6.54 Å². The van der Waals surface area contributed by atoms with Crippen LogP contribution in [0.15, 0.2) is 32.3 Å². The van der Waals surface area contributed by atoms with Crippen LogP contribution in [0.25, 0.3) is 22.1 Å². The number of benzene rings is 1. The molecule has 10 heteroatoms. The molecule has 0 aliphatic carbocycles. The number of carbonyl (C=O) groups excluding carboxylic acids is 1. The highest BCUT2D eigenvalue weighted by Gasteiger charge is 2.24. The molecule has 3 aromatic heterocycles. The lowest BCUT2D eigenvalue weighted by atomic mass is 10.0. The number of para-hydroxylation sites is 1.